The van der Waals surface area contributed by atoms with Crippen molar-refractivity contribution in [3.8, 4) is 0 Å². The predicted octanol–water partition coefficient (Wildman–Crippen LogP) is 2.19. The summed E-state index contributed by atoms with van der Waals surface area (Å²) in [7, 11) is 0. The molecule has 0 bridgehead atoms. The molecule has 2 N–H and O–H groups in total. The quantitative estimate of drug-likeness (QED) is 0.797. The molecule has 0 atom stereocenters. The molecule has 3 nitrogen and oxygen atoms in total. The number of nitrogens with zero attached hydrogens (tertiary/aromatic N) is 1. The van der Waals surface area contributed by atoms with Crippen molar-refractivity contribution in [2.24, 2.45) is 0 Å². The lowest BCUT2D eigenvalue weighted by Crippen LogP contribution is -2.47. The molecule has 1 fully saturated rings. The average Bonchev–Trinajstić information content (AvgIpc) is 2.22. The third-order valence-electron chi connectivity index (χ3n) is 3.20. The van der Waals surface area contributed by atoms with Gasteiger partial charge in [0.15, 0.2) is 0 Å². The lowest BCUT2D eigenvalue weighted by molar-refractivity contribution is -0.0882. The van der Waals surface area contributed by atoms with E-state index < -0.39 is 0 Å². The minimum Gasteiger partial charge on any atom is -0.398 e. The van der Waals surface area contributed by atoms with E-state index in [0.29, 0.717) is 0 Å². The molecule has 2 rings (SSSR count). The predicted molar refractivity (Wildman–Crippen MR) is 70.9 cm³/mol. The van der Waals surface area contributed by atoms with E-state index in [2.05, 4.69) is 37.8 Å². The van der Waals surface area contributed by atoms with Gasteiger partial charge in [0, 0.05) is 25.3 Å². The third-order valence-corrected chi connectivity index (χ3v) is 3.20. The van der Waals surface area contributed by atoms with Gasteiger partial charge < -0.3 is 10.5 Å². The fourth-order valence-corrected chi connectivity index (χ4v) is 2.36. The van der Waals surface area contributed by atoms with E-state index in [9.17, 15) is 0 Å². The molecule has 0 aliphatic carbocycles. The number of nitrogens with two attached hydrogens (primary N) is 1. The molecule has 0 aromatic heterocycles. The summed E-state index contributed by atoms with van der Waals surface area (Å²) in [5.41, 5.74) is 9.35. The van der Waals surface area contributed by atoms with Crippen LogP contribution in [0.4, 0.5) is 5.69 Å². The number of nitrogen functional groups attached to an aromatic ring is 1. The minimum absolute atomic E-state index is 0.0448. The molecule has 1 saturated heterocycles. The first-order chi connectivity index (χ1) is 7.96. The first kappa shape index (κ1) is 12.4. The Morgan fingerprint density at radius 3 is 2.88 bits per heavy atom. The van der Waals surface area contributed by atoms with E-state index in [1.165, 1.54) is 11.1 Å². The molecule has 94 valence electrons. The van der Waals surface area contributed by atoms with Crippen molar-refractivity contribution in [2.45, 2.75) is 32.9 Å². The molecule has 17 heavy (non-hydrogen) atoms. The van der Waals surface area contributed by atoms with Crippen molar-refractivity contribution in [3.05, 3.63) is 29.3 Å². The second-order valence-electron chi connectivity index (χ2n) is 5.52. The summed E-state index contributed by atoms with van der Waals surface area (Å²) in [6, 6.07) is 6.23. The van der Waals surface area contributed by atoms with Gasteiger partial charge in [0.25, 0.3) is 0 Å². The highest BCUT2D eigenvalue weighted by Gasteiger charge is 2.27. The number of morpholine rings is 1. The maximum atomic E-state index is 6.02. The number of anilines is 1. The monoisotopic (exact) mass is 234 g/mol. The number of ether oxygens (including phenoxy) is 1. The molecule has 1 aliphatic rings. The number of rotatable bonds is 2. The first-order valence-corrected chi connectivity index (χ1v) is 6.18. The van der Waals surface area contributed by atoms with Gasteiger partial charge >= 0.3 is 0 Å². The Hall–Kier alpha value is -1.06. The molecular weight excluding hydrogens is 212 g/mol. The summed E-state index contributed by atoms with van der Waals surface area (Å²) in [5, 5.41) is 0. The minimum atomic E-state index is -0.0448. The highest BCUT2D eigenvalue weighted by Crippen LogP contribution is 2.21. The maximum absolute atomic E-state index is 6.02. The largest absolute Gasteiger partial charge is 0.398 e. The second-order valence-corrected chi connectivity index (χ2v) is 5.52. The van der Waals surface area contributed by atoms with E-state index in [1.54, 1.807) is 0 Å². The van der Waals surface area contributed by atoms with Crippen LogP contribution in [-0.2, 0) is 11.3 Å². The van der Waals surface area contributed by atoms with Crippen molar-refractivity contribution in [2.75, 3.05) is 25.4 Å². The van der Waals surface area contributed by atoms with E-state index in [1.807, 2.05) is 6.07 Å². The van der Waals surface area contributed by atoms with Gasteiger partial charge in [0.05, 0.1) is 12.2 Å². The summed E-state index contributed by atoms with van der Waals surface area (Å²) < 4.78 is 5.71. The van der Waals surface area contributed by atoms with Crippen molar-refractivity contribution >= 4 is 5.69 Å². The van der Waals surface area contributed by atoms with Crippen LogP contribution < -0.4 is 5.73 Å². The fourth-order valence-electron chi connectivity index (χ4n) is 2.36. The number of benzene rings is 1. The third kappa shape index (κ3) is 3.20. The zero-order chi connectivity index (χ0) is 12.5. The van der Waals surface area contributed by atoms with Gasteiger partial charge in [-0.05, 0) is 32.4 Å². The summed E-state index contributed by atoms with van der Waals surface area (Å²) in [4.78, 5) is 2.41. The van der Waals surface area contributed by atoms with Crippen molar-refractivity contribution in [3.63, 3.8) is 0 Å². The van der Waals surface area contributed by atoms with Gasteiger partial charge in [-0.2, -0.15) is 0 Å². The summed E-state index contributed by atoms with van der Waals surface area (Å²) >= 11 is 0. The molecule has 0 unspecified atom stereocenters. The molecule has 3 heteroatoms. The topological polar surface area (TPSA) is 38.5 Å². The first-order valence-electron chi connectivity index (χ1n) is 6.18. The SMILES string of the molecule is Cc1ccc(N)c(CN2CCOC(C)(C)C2)c1. The van der Waals surface area contributed by atoms with Crippen LogP contribution in [0.15, 0.2) is 18.2 Å². The van der Waals surface area contributed by atoms with E-state index >= 15 is 0 Å². The highest BCUT2D eigenvalue weighted by molar-refractivity contribution is 5.48. The van der Waals surface area contributed by atoms with Crippen LogP contribution in [-0.4, -0.2) is 30.2 Å². The Bertz CT molecular complexity index is 401. The molecule has 0 radical (unpaired) electrons. The lowest BCUT2D eigenvalue weighted by Gasteiger charge is -2.38. The van der Waals surface area contributed by atoms with Crippen LogP contribution in [0.1, 0.15) is 25.0 Å². The van der Waals surface area contributed by atoms with Gasteiger partial charge in [0.2, 0.25) is 0 Å². The van der Waals surface area contributed by atoms with Gasteiger partial charge in [-0.1, -0.05) is 17.7 Å². The summed E-state index contributed by atoms with van der Waals surface area (Å²) in [5.74, 6) is 0. The average molecular weight is 234 g/mol. The van der Waals surface area contributed by atoms with E-state index in [-0.39, 0.29) is 5.60 Å². The zero-order valence-corrected chi connectivity index (χ0v) is 11.0. The summed E-state index contributed by atoms with van der Waals surface area (Å²) in [6.07, 6.45) is 0. The lowest BCUT2D eigenvalue weighted by atomic mass is 10.1. The van der Waals surface area contributed by atoms with Crippen molar-refractivity contribution in [1.29, 1.82) is 0 Å². The van der Waals surface area contributed by atoms with Crippen LogP contribution in [0.25, 0.3) is 0 Å². The standard InChI is InChI=1S/C14H22N2O/c1-11-4-5-13(15)12(8-11)9-16-6-7-17-14(2,3)10-16/h4-5,8H,6-7,9-10,15H2,1-3H3. The fraction of sp³-hybridized carbons (Fsp3) is 0.571. The Morgan fingerprint density at radius 1 is 1.41 bits per heavy atom. The van der Waals surface area contributed by atoms with E-state index in [0.717, 1.165) is 31.9 Å². The molecule has 1 heterocycles. The van der Waals surface area contributed by atoms with Gasteiger partial charge in [0.1, 0.15) is 0 Å². The van der Waals surface area contributed by atoms with Gasteiger partial charge in [-0.25, -0.2) is 0 Å². The summed E-state index contributed by atoms with van der Waals surface area (Å²) in [6.45, 7) is 10.0. The smallest absolute Gasteiger partial charge is 0.0753 e. The van der Waals surface area contributed by atoms with Crippen LogP contribution >= 0.6 is 0 Å². The molecule has 1 aromatic carbocycles. The van der Waals surface area contributed by atoms with Crippen LogP contribution in [0.3, 0.4) is 0 Å². The van der Waals surface area contributed by atoms with Gasteiger partial charge in [-0.3, -0.25) is 4.90 Å². The van der Waals surface area contributed by atoms with Gasteiger partial charge in [-0.15, -0.1) is 0 Å². The Balaban J connectivity index is 2.07. The maximum Gasteiger partial charge on any atom is 0.0753 e. The molecule has 0 amide bonds. The zero-order valence-electron chi connectivity index (χ0n) is 11.0. The number of aryl methyl sites for hydroxylation is 1. The normalized spacial score (nSPS) is 20.4. The van der Waals surface area contributed by atoms with Crippen LogP contribution in [0, 0.1) is 6.92 Å². The molecular formula is C14H22N2O. The van der Waals surface area contributed by atoms with Crippen LogP contribution in [0.2, 0.25) is 0 Å². The Labute approximate surface area is 104 Å². The number of hydrogen-bond acceptors (Lipinski definition) is 3. The molecule has 0 spiro atoms. The molecule has 0 saturated carbocycles. The van der Waals surface area contributed by atoms with Crippen LogP contribution in [0.5, 0.6) is 0 Å². The highest BCUT2D eigenvalue weighted by atomic mass is 16.5. The Morgan fingerprint density at radius 2 is 2.18 bits per heavy atom. The molecule has 1 aromatic rings. The van der Waals surface area contributed by atoms with Crippen molar-refractivity contribution in [1.82, 2.24) is 4.90 Å². The molecule has 1 aliphatic heterocycles. The number of hydrogen-bond donors (Lipinski definition) is 1. The van der Waals surface area contributed by atoms with Crippen molar-refractivity contribution < 1.29 is 4.74 Å². The second kappa shape index (κ2) is 4.67. The van der Waals surface area contributed by atoms with E-state index in [4.69, 9.17) is 10.5 Å². The Kier molecular flexibility index (Phi) is 3.40.